The summed E-state index contributed by atoms with van der Waals surface area (Å²) < 4.78 is 15.9. The molecule has 1 aliphatic rings. The Labute approximate surface area is 174 Å². The molecule has 0 bridgehead atoms. The number of nitrogens with zero attached hydrogens (tertiary/aromatic N) is 2. The number of methoxy groups -OCH3 is 2. The minimum Gasteiger partial charge on any atom is -0.497 e. The number of ether oxygens (including phenoxy) is 3. The van der Waals surface area contributed by atoms with Crippen molar-refractivity contribution in [1.82, 2.24) is 10.2 Å². The molecule has 2 rings (SSSR count). The molecule has 7 heteroatoms. The molecular weight excluding hydrogens is 445 g/mol. The maximum Gasteiger partial charge on any atom is 0.193 e. The van der Waals surface area contributed by atoms with E-state index in [4.69, 9.17) is 14.2 Å². The lowest BCUT2D eigenvalue weighted by atomic mass is 10.1. The van der Waals surface area contributed by atoms with E-state index in [9.17, 15) is 0 Å². The second-order valence-electron chi connectivity index (χ2n) is 6.24. The second kappa shape index (κ2) is 13.2. The van der Waals surface area contributed by atoms with Crippen molar-refractivity contribution < 1.29 is 14.2 Å². The Morgan fingerprint density at radius 2 is 2.00 bits per heavy atom. The van der Waals surface area contributed by atoms with Gasteiger partial charge in [-0.2, -0.15) is 0 Å². The molecule has 0 saturated carbocycles. The van der Waals surface area contributed by atoms with Crippen LogP contribution in [0.1, 0.15) is 12.0 Å². The average Bonchev–Trinajstić information content (AvgIpc) is 3.11. The Morgan fingerprint density at radius 3 is 2.65 bits per heavy atom. The molecule has 1 aromatic carbocycles. The third-order valence-corrected chi connectivity index (χ3v) is 4.44. The van der Waals surface area contributed by atoms with Gasteiger partial charge in [-0.25, -0.2) is 0 Å². The van der Waals surface area contributed by atoms with Crippen molar-refractivity contribution in [1.29, 1.82) is 0 Å². The van der Waals surface area contributed by atoms with Gasteiger partial charge < -0.3 is 24.4 Å². The van der Waals surface area contributed by atoms with Gasteiger partial charge in [-0.05, 0) is 30.5 Å². The molecule has 26 heavy (non-hydrogen) atoms. The number of halogens is 1. The quantitative estimate of drug-likeness (QED) is 0.256. The monoisotopic (exact) mass is 477 g/mol. The summed E-state index contributed by atoms with van der Waals surface area (Å²) in [5.41, 5.74) is 1.29. The first kappa shape index (κ1) is 23.0. The number of likely N-dealkylation sites (tertiary alicyclic amines) is 1. The number of aliphatic imine (C=N–C) groups is 1. The van der Waals surface area contributed by atoms with E-state index in [0.29, 0.717) is 19.1 Å². The molecule has 1 fully saturated rings. The van der Waals surface area contributed by atoms with Crippen molar-refractivity contribution in [2.45, 2.75) is 12.8 Å². The summed E-state index contributed by atoms with van der Waals surface area (Å²) in [4.78, 5) is 6.74. The fraction of sp³-hybridized carbons (Fsp3) is 0.632. The molecule has 1 heterocycles. The van der Waals surface area contributed by atoms with Gasteiger partial charge in [-0.15, -0.1) is 24.0 Å². The Hall–Kier alpha value is -1.06. The lowest BCUT2D eigenvalue weighted by Gasteiger charge is -2.21. The van der Waals surface area contributed by atoms with Crippen LogP contribution >= 0.6 is 24.0 Å². The molecule has 1 N–H and O–H groups in total. The minimum atomic E-state index is 0. The first-order chi connectivity index (χ1) is 12.3. The zero-order valence-electron chi connectivity index (χ0n) is 16.1. The zero-order chi connectivity index (χ0) is 17.9. The number of hydrogen-bond acceptors (Lipinski definition) is 4. The standard InChI is InChI=1S/C19H31N3O3.HI/c1-20-19(21-10-8-16-4-6-18(24-3)7-5-16)22-11-9-17(14-22)15-25-13-12-23-2;/h4-7,17H,8-15H2,1-3H3,(H,20,21);1H. The lowest BCUT2D eigenvalue weighted by Crippen LogP contribution is -2.41. The van der Waals surface area contributed by atoms with Crippen molar-refractivity contribution in [2.75, 3.05) is 60.7 Å². The maximum absolute atomic E-state index is 5.66. The molecule has 0 spiro atoms. The predicted octanol–water partition coefficient (Wildman–Crippen LogP) is 2.42. The van der Waals surface area contributed by atoms with E-state index in [2.05, 4.69) is 27.3 Å². The lowest BCUT2D eigenvalue weighted by molar-refractivity contribution is 0.0536. The molecule has 0 aromatic heterocycles. The van der Waals surface area contributed by atoms with Crippen LogP contribution in [-0.2, 0) is 15.9 Å². The number of benzene rings is 1. The van der Waals surface area contributed by atoms with E-state index in [1.165, 1.54) is 5.56 Å². The summed E-state index contributed by atoms with van der Waals surface area (Å²) >= 11 is 0. The summed E-state index contributed by atoms with van der Waals surface area (Å²) in [6, 6.07) is 8.20. The van der Waals surface area contributed by atoms with E-state index in [1.54, 1.807) is 14.2 Å². The van der Waals surface area contributed by atoms with Gasteiger partial charge in [0.1, 0.15) is 5.75 Å². The van der Waals surface area contributed by atoms with Crippen LogP contribution in [0.3, 0.4) is 0 Å². The van der Waals surface area contributed by atoms with Crippen molar-refractivity contribution in [3.8, 4) is 5.75 Å². The van der Waals surface area contributed by atoms with E-state index < -0.39 is 0 Å². The van der Waals surface area contributed by atoms with Gasteiger partial charge in [-0.3, -0.25) is 4.99 Å². The molecular formula is C19H32IN3O3. The van der Waals surface area contributed by atoms with Crippen LogP contribution in [0.25, 0.3) is 0 Å². The summed E-state index contributed by atoms with van der Waals surface area (Å²) in [6.45, 7) is 5.01. The van der Waals surface area contributed by atoms with Gasteiger partial charge in [0, 0.05) is 39.7 Å². The van der Waals surface area contributed by atoms with Crippen LogP contribution in [0.5, 0.6) is 5.75 Å². The third kappa shape index (κ3) is 7.67. The third-order valence-electron chi connectivity index (χ3n) is 4.44. The van der Waals surface area contributed by atoms with Gasteiger partial charge in [0.05, 0.1) is 26.9 Å². The maximum atomic E-state index is 5.66. The normalized spacial score (nSPS) is 17.1. The Balaban J connectivity index is 0.00000338. The molecule has 0 amide bonds. The second-order valence-corrected chi connectivity index (χ2v) is 6.24. The SMILES string of the molecule is CN=C(NCCc1ccc(OC)cc1)N1CCC(COCCOC)C1.I. The van der Waals surface area contributed by atoms with Crippen molar-refractivity contribution in [3.05, 3.63) is 29.8 Å². The van der Waals surface area contributed by atoms with Crippen LogP contribution in [0, 0.1) is 5.92 Å². The van der Waals surface area contributed by atoms with E-state index >= 15 is 0 Å². The summed E-state index contributed by atoms with van der Waals surface area (Å²) in [5.74, 6) is 2.44. The van der Waals surface area contributed by atoms with E-state index in [-0.39, 0.29) is 24.0 Å². The van der Waals surface area contributed by atoms with Crippen LogP contribution in [0.15, 0.2) is 29.3 Å². The topological polar surface area (TPSA) is 55.3 Å². The summed E-state index contributed by atoms with van der Waals surface area (Å²) in [5, 5.41) is 3.47. The zero-order valence-corrected chi connectivity index (χ0v) is 18.4. The Kier molecular flexibility index (Phi) is 11.6. The Bertz CT molecular complexity index is 525. The van der Waals surface area contributed by atoms with Gasteiger partial charge in [0.15, 0.2) is 5.96 Å². The first-order valence-corrected chi connectivity index (χ1v) is 8.92. The largest absolute Gasteiger partial charge is 0.497 e. The summed E-state index contributed by atoms with van der Waals surface area (Å²) in [7, 11) is 5.23. The molecule has 148 valence electrons. The molecule has 1 aromatic rings. The predicted molar refractivity (Wildman–Crippen MR) is 116 cm³/mol. The van der Waals surface area contributed by atoms with Crippen molar-refractivity contribution in [2.24, 2.45) is 10.9 Å². The van der Waals surface area contributed by atoms with Crippen molar-refractivity contribution >= 4 is 29.9 Å². The highest BCUT2D eigenvalue weighted by atomic mass is 127. The number of nitrogens with one attached hydrogen (secondary N) is 1. The van der Waals surface area contributed by atoms with E-state index in [1.807, 2.05) is 19.2 Å². The molecule has 1 unspecified atom stereocenters. The van der Waals surface area contributed by atoms with Crippen LogP contribution in [0.2, 0.25) is 0 Å². The fourth-order valence-corrected chi connectivity index (χ4v) is 3.00. The highest BCUT2D eigenvalue weighted by Crippen LogP contribution is 2.16. The number of hydrogen-bond donors (Lipinski definition) is 1. The van der Waals surface area contributed by atoms with Crippen LogP contribution in [0.4, 0.5) is 0 Å². The molecule has 0 radical (unpaired) electrons. The van der Waals surface area contributed by atoms with Gasteiger partial charge in [-0.1, -0.05) is 12.1 Å². The molecule has 1 saturated heterocycles. The van der Waals surface area contributed by atoms with Crippen molar-refractivity contribution in [3.63, 3.8) is 0 Å². The first-order valence-electron chi connectivity index (χ1n) is 8.92. The van der Waals surface area contributed by atoms with Gasteiger partial charge in [0.2, 0.25) is 0 Å². The van der Waals surface area contributed by atoms with Crippen LogP contribution < -0.4 is 10.1 Å². The van der Waals surface area contributed by atoms with E-state index in [0.717, 1.165) is 50.8 Å². The molecule has 1 atom stereocenters. The Morgan fingerprint density at radius 1 is 1.23 bits per heavy atom. The fourth-order valence-electron chi connectivity index (χ4n) is 3.00. The smallest absolute Gasteiger partial charge is 0.193 e. The highest BCUT2D eigenvalue weighted by molar-refractivity contribution is 14.0. The molecule has 0 aliphatic carbocycles. The molecule has 6 nitrogen and oxygen atoms in total. The van der Waals surface area contributed by atoms with Gasteiger partial charge in [0.25, 0.3) is 0 Å². The number of rotatable bonds is 9. The van der Waals surface area contributed by atoms with Crippen LogP contribution in [-0.4, -0.2) is 71.6 Å². The highest BCUT2D eigenvalue weighted by Gasteiger charge is 2.24. The minimum absolute atomic E-state index is 0. The average molecular weight is 477 g/mol. The molecule has 1 aliphatic heterocycles. The number of guanidine groups is 1. The summed E-state index contributed by atoms with van der Waals surface area (Å²) in [6.07, 6.45) is 2.10. The van der Waals surface area contributed by atoms with Gasteiger partial charge >= 0.3 is 0 Å².